The van der Waals surface area contributed by atoms with E-state index in [0.717, 1.165) is 11.5 Å². The maximum absolute atomic E-state index is 11.5. The maximum Gasteiger partial charge on any atom is 0.239 e. The lowest BCUT2D eigenvalue weighted by Gasteiger charge is -2.27. The van der Waals surface area contributed by atoms with Gasteiger partial charge in [-0.25, -0.2) is 4.98 Å². The molecule has 1 amide bonds. The largest absolute Gasteiger partial charge is 0.368 e. The van der Waals surface area contributed by atoms with Crippen LogP contribution in [-0.2, 0) is 11.3 Å². The second-order valence-corrected chi connectivity index (χ2v) is 4.28. The molecule has 3 N–H and O–H groups in total. The molecular weight excluding hydrogens is 204 g/mol. The molecule has 0 fully saturated rings. The quantitative estimate of drug-likeness (QED) is 0.758. The number of hydrogen-bond donors (Lipinski definition) is 2. The minimum absolute atomic E-state index is 0.347. The molecule has 0 aliphatic carbocycles. The van der Waals surface area contributed by atoms with Gasteiger partial charge >= 0.3 is 0 Å². The number of carbonyl (C=O) groups excluding carboxylic acids is 1. The number of nitrogens with one attached hydrogen (secondary N) is 1. The maximum atomic E-state index is 11.5. The van der Waals surface area contributed by atoms with Crippen molar-refractivity contribution < 1.29 is 4.79 Å². The molecule has 0 bridgehead atoms. The first-order valence-electron chi connectivity index (χ1n) is 5.44. The van der Waals surface area contributed by atoms with E-state index >= 15 is 0 Å². The van der Waals surface area contributed by atoms with Gasteiger partial charge < -0.3 is 15.6 Å². The van der Waals surface area contributed by atoms with Crippen LogP contribution in [0.4, 0.5) is 0 Å². The van der Waals surface area contributed by atoms with Crippen molar-refractivity contribution in [3.05, 3.63) is 17.7 Å². The number of rotatable bonds is 5. The van der Waals surface area contributed by atoms with Crippen LogP contribution in [0.15, 0.2) is 6.20 Å². The number of hydrogen-bond acceptors (Lipinski definition) is 3. The molecule has 1 heterocycles. The molecule has 1 atom stereocenters. The Labute approximate surface area is 96.0 Å². The van der Waals surface area contributed by atoms with Gasteiger partial charge in [-0.15, -0.1) is 0 Å². The SMILES string of the molecule is CCNC(C)(Cn1cc(C)nc1C)C(N)=O. The first-order valence-corrected chi connectivity index (χ1v) is 5.44. The average molecular weight is 224 g/mol. The van der Waals surface area contributed by atoms with Crippen LogP contribution in [0.25, 0.3) is 0 Å². The van der Waals surface area contributed by atoms with Crippen LogP contribution in [0.5, 0.6) is 0 Å². The first kappa shape index (κ1) is 12.7. The number of carbonyl (C=O) groups is 1. The highest BCUT2D eigenvalue weighted by Crippen LogP contribution is 2.10. The Morgan fingerprint density at radius 2 is 2.25 bits per heavy atom. The Morgan fingerprint density at radius 3 is 2.62 bits per heavy atom. The van der Waals surface area contributed by atoms with Crippen LogP contribution >= 0.6 is 0 Å². The predicted molar refractivity (Wildman–Crippen MR) is 63.0 cm³/mol. The fourth-order valence-corrected chi connectivity index (χ4v) is 1.78. The molecule has 0 radical (unpaired) electrons. The molecule has 1 rings (SSSR count). The molecule has 0 saturated heterocycles. The summed E-state index contributed by atoms with van der Waals surface area (Å²) in [6.07, 6.45) is 1.92. The Morgan fingerprint density at radius 1 is 1.62 bits per heavy atom. The molecule has 0 aromatic carbocycles. The number of aryl methyl sites for hydroxylation is 2. The third-order valence-electron chi connectivity index (χ3n) is 2.69. The van der Waals surface area contributed by atoms with Gasteiger partial charge in [-0.2, -0.15) is 0 Å². The topological polar surface area (TPSA) is 72.9 Å². The minimum Gasteiger partial charge on any atom is -0.368 e. The number of imidazole rings is 1. The van der Waals surface area contributed by atoms with Crippen molar-refractivity contribution in [1.82, 2.24) is 14.9 Å². The second-order valence-electron chi connectivity index (χ2n) is 4.28. The Kier molecular flexibility index (Phi) is 3.70. The van der Waals surface area contributed by atoms with Crippen molar-refractivity contribution in [2.24, 2.45) is 5.73 Å². The van der Waals surface area contributed by atoms with E-state index in [1.54, 1.807) is 0 Å². The van der Waals surface area contributed by atoms with Crippen LogP contribution in [0.3, 0.4) is 0 Å². The van der Waals surface area contributed by atoms with E-state index in [1.807, 2.05) is 38.5 Å². The molecule has 16 heavy (non-hydrogen) atoms. The zero-order valence-electron chi connectivity index (χ0n) is 10.4. The van der Waals surface area contributed by atoms with Crippen LogP contribution in [-0.4, -0.2) is 27.5 Å². The third-order valence-corrected chi connectivity index (χ3v) is 2.69. The highest BCUT2D eigenvalue weighted by Gasteiger charge is 2.30. The summed E-state index contributed by atoms with van der Waals surface area (Å²) in [6, 6.07) is 0. The summed E-state index contributed by atoms with van der Waals surface area (Å²) in [5, 5.41) is 3.12. The first-order chi connectivity index (χ1) is 7.39. The molecule has 5 heteroatoms. The molecule has 1 aromatic rings. The Hall–Kier alpha value is -1.36. The lowest BCUT2D eigenvalue weighted by atomic mass is 10.0. The van der Waals surface area contributed by atoms with Crippen LogP contribution in [0.2, 0.25) is 0 Å². The number of nitrogens with zero attached hydrogens (tertiary/aromatic N) is 2. The van der Waals surface area contributed by atoms with Gasteiger partial charge in [0.05, 0.1) is 12.2 Å². The molecule has 1 aromatic heterocycles. The average Bonchev–Trinajstić information content (AvgIpc) is 2.45. The summed E-state index contributed by atoms with van der Waals surface area (Å²) in [4.78, 5) is 15.8. The van der Waals surface area contributed by atoms with Crippen molar-refractivity contribution >= 4 is 5.91 Å². The van der Waals surface area contributed by atoms with Gasteiger partial charge in [0.1, 0.15) is 11.4 Å². The van der Waals surface area contributed by atoms with Crippen molar-refractivity contribution in [3.63, 3.8) is 0 Å². The second kappa shape index (κ2) is 4.65. The fraction of sp³-hybridized carbons (Fsp3) is 0.636. The molecular formula is C11H20N4O. The number of amides is 1. The van der Waals surface area contributed by atoms with E-state index in [4.69, 9.17) is 5.73 Å². The van der Waals surface area contributed by atoms with Gasteiger partial charge in [-0.05, 0) is 27.3 Å². The van der Waals surface area contributed by atoms with Gasteiger partial charge in [0, 0.05) is 6.20 Å². The summed E-state index contributed by atoms with van der Waals surface area (Å²) in [6.45, 7) is 8.81. The standard InChI is InChI=1S/C11H20N4O/c1-5-13-11(4,10(12)16)7-15-6-8(2)14-9(15)3/h6,13H,5,7H2,1-4H3,(H2,12,16). The predicted octanol–water partition coefficient (Wildman–Crippen LogP) is 0.353. The summed E-state index contributed by atoms with van der Waals surface area (Å²) < 4.78 is 1.95. The molecule has 0 aliphatic rings. The monoisotopic (exact) mass is 224 g/mol. The van der Waals surface area contributed by atoms with Crippen LogP contribution in [0.1, 0.15) is 25.4 Å². The van der Waals surface area contributed by atoms with E-state index in [2.05, 4.69) is 10.3 Å². The molecule has 5 nitrogen and oxygen atoms in total. The van der Waals surface area contributed by atoms with Crippen molar-refractivity contribution in [2.45, 2.75) is 39.8 Å². The van der Waals surface area contributed by atoms with Gasteiger partial charge in [-0.1, -0.05) is 6.92 Å². The summed E-state index contributed by atoms with van der Waals surface area (Å²) in [5.74, 6) is 0.544. The number of aromatic nitrogens is 2. The summed E-state index contributed by atoms with van der Waals surface area (Å²) in [5.41, 5.74) is 5.64. The zero-order chi connectivity index (χ0) is 12.3. The normalized spacial score (nSPS) is 14.8. The van der Waals surface area contributed by atoms with Gasteiger partial charge in [-0.3, -0.25) is 4.79 Å². The van der Waals surface area contributed by atoms with Gasteiger partial charge in [0.2, 0.25) is 5.91 Å². The minimum atomic E-state index is -0.730. The van der Waals surface area contributed by atoms with Crippen molar-refractivity contribution in [3.8, 4) is 0 Å². The third kappa shape index (κ3) is 2.61. The summed E-state index contributed by atoms with van der Waals surface area (Å²) >= 11 is 0. The Balaban J connectivity index is 2.92. The smallest absolute Gasteiger partial charge is 0.239 e. The highest BCUT2D eigenvalue weighted by atomic mass is 16.1. The highest BCUT2D eigenvalue weighted by molar-refractivity contribution is 5.84. The molecule has 1 unspecified atom stereocenters. The molecule has 0 aliphatic heterocycles. The number of nitrogens with two attached hydrogens (primary N) is 1. The number of likely N-dealkylation sites (N-methyl/N-ethyl adjacent to an activating group) is 1. The lowest BCUT2D eigenvalue weighted by Crippen LogP contribution is -2.55. The molecule has 90 valence electrons. The van der Waals surface area contributed by atoms with E-state index < -0.39 is 5.54 Å². The zero-order valence-corrected chi connectivity index (χ0v) is 10.4. The molecule has 0 spiro atoms. The van der Waals surface area contributed by atoms with Gasteiger partial charge in [0.15, 0.2) is 0 Å². The van der Waals surface area contributed by atoms with Crippen molar-refractivity contribution in [1.29, 1.82) is 0 Å². The van der Waals surface area contributed by atoms with Gasteiger partial charge in [0.25, 0.3) is 0 Å². The number of primary amides is 1. The fourth-order valence-electron chi connectivity index (χ4n) is 1.78. The lowest BCUT2D eigenvalue weighted by molar-refractivity contribution is -0.124. The Bertz CT molecular complexity index is 385. The van der Waals surface area contributed by atoms with E-state index in [9.17, 15) is 4.79 Å². The van der Waals surface area contributed by atoms with Crippen LogP contribution < -0.4 is 11.1 Å². The van der Waals surface area contributed by atoms with Crippen LogP contribution in [0, 0.1) is 13.8 Å². The van der Waals surface area contributed by atoms with Crippen molar-refractivity contribution in [2.75, 3.05) is 6.54 Å². The van der Waals surface area contributed by atoms with E-state index in [1.165, 1.54) is 0 Å². The van der Waals surface area contributed by atoms with E-state index in [-0.39, 0.29) is 5.91 Å². The van der Waals surface area contributed by atoms with E-state index in [0.29, 0.717) is 13.1 Å². The summed E-state index contributed by atoms with van der Waals surface area (Å²) in [7, 11) is 0. The molecule has 0 saturated carbocycles.